The lowest BCUT2D eigenvalue weighted by atomic mass is 10.2. The van der Waals surface area contributed by atoms with Crippen LogP contribution in [0.2, 0.25) is 5.02 Å². The molecule has 4 aromatic rings. The normalized spacial score (nSPS) is 16.9. The molecule has 0 radical (unpaired) electrons. The summed E-state index contributed by atoms with van der Waals surface area (Å²) in [7, 11) is 0. The molecule has 2 aromatic heterocycles. The number of oxazole rings is 1. The van der Waals surface area contributed by atoms with Crippen LogP contribution in [0.15, 0.2) is 51.7 Å². The van der Waals surface area contributed by atoms with E-state index in [1.807, 2.05) is 23.1 Å². The number of aryl methyl sites for hydroxylation is 1. The third-order valence-electron chi connectivity index (χ3n) is 5.35. The van der Waals surface area contributed by atoms with Crippen LogP contribution in [0.25, 0.3) is 21.3 Å². The number of nitrogens with zero attached hydrogens (tertiary/aromatic N) is 3. The van der Waals surface area contributed by atoms with Crippen LogP contribution in [-0.2, 0) is 11.3 Å². The Morgan fingerprint density at radius 3 is 3.00 bits per heavy atom. The van der Waals surface area contributed by atoms with Gasteiger partial charge in [0.1, 0.15) is 5.01 Å². The van der Waals surface area contributed by atoms with Gasteiger partial charge in [-0.2, -0.15) is 0 Å². The molecule has 1 aliphatic rings. The molecule has 1 aliphatic heterocycles. The number of fused-ring (bicyclic) bond motifs is 2. The number of likely N-dealkylation sites (tertiary alicyclic amines) is 1. The minimum Gasteiger partial charge on any atom is -0.408 e. The van der Waals surface area contributed by atoms with Crippen LogP contribution in [0.5, 0.6) is 0 Å². The van der Waals surface area contributed by atoms with Crippen molar-refractivity contribution >= 4 is 50.2 Å². The predicted octanol–water partition coefficient (Wildman–Crippen LogP) is 4.61. The molecular formula is C21H18ClN3O3S. The van der Waals surface area contributed by atoms with Crippen LogP contribution in [-0.4, -0.2) is 26.9 Å². The van der Waals surface area contributed by atoms with E-state index < -0.39 is 5.76 Å². The number of aromatic nitrogens is 2. The Morgan fingerprint density at radius 2 is 2.14 bits per heavy atom. The Kier molecular flexibility index (Phi) is 4.64. The van der Waals surface area contributed by atoms with Crippen molar-refractivity contribution in [1.82, 2.24) is 14.5 Å². The number of amides is 1. The summed E-state index contributed by atoms with van der Waals surface area (Å²) in [6.45, 7) is 0.991. The van der Waals surface area contributed by atoms with Crippen molar-refractivity contribution in [2.24, 2.45) is 0 Å². The summed E-state index contributed by atoms with van der Waals surface area (Å²) >= 11 is 7.61. The zero-order valence-corrected chi connectivity index (χ0v) is 17.1. The monoisotopic (exact) mass is 427 g/mol. The second-order valence-electron chi connectivity index (χ2n) is 7.15. The molecule has 1 saturated heterocycles. The molecule has 148 valence electrons. The first-order valence-electron chi connectivity index (χ1n) is 9.54. The van der Waals surface area contributed by atoms with E-state index in [-0.39, 0.29) is 24.9 Å². The maximum absolute atomic E-state index is 13.0. The van der Waals surface area contributed by atoms with E-state index in [1.54, 1.807) is 29.5 Å². The molecule has 0 spiro atoms. The van der Waals surface area contributed by atoms with E-state index >= 15 is 0 Å². The van der Waals surface area contributed by atoms with Gasteiger partial charge in [0.25, 0.3) is 0 Å². The van der Waals surface area contributed by atoms with Gasteiger partial charge >= 0.3 is 5.76 Å². The molecule has 1 atom stereocenters. The number of thiazole rings is 1. The van der Waals surface area contributed by atoms with E-state index in [0.717, 1.165) is 34.6 Å². The fourth-order valence-electron chi connectivity index (χ4n) is 3.96. The molecule has 1 fully saturated rings. The Labute approximate surface area is 175 Å². The van der Waals surface area contributed by atoms with Crippen molar-refractivity contribution in [2.45, 2.75) is 31.8 Å². The summed E-state index contributed by atoms with van der Waals surface area (Å²) < 4.78 is 7.88. The van der Waals surface area contributed by atoms with E-state index in [1.165, 1.54) is 4.57 Å². The van der Waals surface area contributed by atoms with Crippen LogP contribution >= 0.6 is 22.9 Å². The van der Waals surface area contributed by atoms with Crippen LogP contribution in [0.3, 0.4) is 0 Å². The van der Waals surface area contributed by atoms with Gasteiger partial charge in [0.15, 0.2) is 5.58 Å². The molecule has 5 rings (SSSR count). The van der Waals surface area contributed by atoms with E-state index in [4.69, 9.17) is 21.0 Å². The third-order valence-corrected chi connectivity index (χ3v) is 6.72. The quantitative estimate of drug-likeness (QED) is 0.477. The highest BCUT2D eigenvalue weighted by Gasteiger charge is 2.32. The average Bonchev–Trinajstić information content (AvgIpc) is 3.41. The van der Waals surface area contributed by atoms with Crippen molar-refractivity contribution in [3.63, 3.8) is 0 Å². The molecule has 8 heteroatoms. The Hall–Kier alpha value is -2.64. The van der Waals surface area contributed by atoms with Crippen LogP contribution in [0, 0.1) is 0 Å². The van der Waals surface area contributed by atoms with Gasteiger partial charge in [-0.25, -0.2) is 9.78 Å². The first-order valence-corrected chi connectivity index (χ1v) is 10.7. The smallest absolute Gasteiger partial charge is 0.408 e. The molecule has 6 nitrogen and oxygen atoms in total. The second-order valence-corrected chi connectivity index (χ2v) is 8.65. The number of hydrogen-bond acceptors (Lipinski definition) is 5. The minimum absolute atomic E-state index is 0.0107. The minimum atomic E-state index is -0.473. The third kappa shape index (κ3) is 3.34. The largest absolute Gasteiger partial charge is 0.419 e. The highest BCUT2D eigenvalue weighted by atomic mass is 35.5. The summed E-state index contributed by atoms with van der Waals surface area (Å²) in [6, 6.07) is 13.1. The molecule has 1 amide bonds. The topological polar surface area (TPSA) is 68.3 Å². The summed E-state index contributed by atoms with van der Waals surface area (Å²) in [6.07, 6.45) is 2.11. The lowest BCUT2D eigenvalue weighted by Gasteiger charge is -2.23. The SMILES string of the molecule is O=C(CCn1c(=O)oc2cc(Cl)ccc21)N1CCC[C@@H]1c1nc2ccccc2s1. The van der Waals surface area contributed by atoms with Crippen molar-refractivity contribution in [2.75, 3.05) is 6.54 Å². The Morgan fingerprint density at radius 1 is 1.28 bits per heavy atom. The first kappa shape index (κ1) is 18.4. The fraction of sp³-hybridized carbons (Fsp3) is 0.286. The molecule has 29 heavy (non-hydrogen) atoms. The summed E-state index contributed by atoms with van der Waals surface area (Å²) in [5, 5.41) is 1.49. The number of para-hydroxylation sites is 1. The molecule has 0 aliphatic carbocycles. The number of benzene rings is 2. The van der Waals surface area contributed by atoms with Crippen molar-refractivity contribution < 1.29 is 9.21 Å². The molecule has 0 saturated carbocycles. The number of halogens is 1. The highest BCUT2D eigenvalue weighted by Crippen LogP contribution is 2.36. The van der Waals surface area contributed by atoms with E-state index in [9.17, 15) is 9.59 Å². The summed E-state index contributed by atoms with van der Waals surface area (Å²) in [4.78, 5) is 31.8. The van der Waals surface area contributed by atoms with Crippen molar-refractivity contribution in [1.29, 1.82) is 0 Å². The van der Waals surface area contributed by atoms with Gasteiger partial charge in [0, 0.05) is 30.6 Å². The zero-order chi connectivity index (χ0) is 20.0. The Balaban J connectivity index is 1.35. The van der Waals surface area contributed by atoms with Crippen molar-refractivity contribution in [3.05, 3.63) is 63.0 Å². The average molecular weight is 428 g/mol. The van der Waals surface area contributed by atoms with E-state index in [2.05, 4.69) is 6.07 Å². The van der Waals surface area contributed by atoms with Gasteiger partial charge in [-0.1, -0.05) is 23.7 Å². The zero-order valence-electron chi connectivity index (χ0n) is 15.5. The van der Waals surface area contributed by atoms with Gasteiger partial charge in [-0.05, 0) is 37.1 Å². The molecule has 2 aromatic carbocycles. The summed E-state index contributed by atoms with van der Waals surface area (Å²) in [5.74, 6) is -0.443. The lowest BCUT2D eigenvalue weighted by Crippen LogP contribution is -2.31. The molecule has 0 bridgehead atoms. The molecule has 3 heterocycles. The maximum atomic E-state index is 13.0. The number of hydrogen-bond donors (Lipinski definition) is 0. The number of carbonyl (C=O) groups excluding carboxylic acids is 1. The molecular weight excluding hydrogens is 410 g/mol. The van der Waals surface area contributed by atoms with Crippen LogP contribution < -0.4 is 5.76 Å². The van der Waals surface area contributed by atoms with Gasteiger partial charge in [-0.3, -0.25) is 9.36 Å². The van der Waals surface area contributed by atoms with Crippen LogP contribution in [0.1, 0.15) is 30.3 Å². The number of carbonyl (C=O) groups is 1. The first-order chi connectivity index (χ1) is 14.1. The standard InChI is InChI=1S/C21H18ClN3O3S/c22-13-7-8-15-17(12-13)28-21(27)25(15)11-9-19(26)24-10-3-5-16(24)20-23-14-4-1-2-6-18(14)29-20/h1-2,4,6-8,12,16H,3,5,9-11H2/t16-/m1/s1. The predicted molar refractivity (Wildman–Crippen MR) is 113 cm³/mol. The second kappa shape index (κ2) is 7.31. The Bertz CT molecular complexity index is 1240. The van der Waals surface area contributed by atoms with E-state index in [0.29, 0.717) is 16.1 Å². The maximum Gasteiger partial charge on any atom is 0.419 e. The molecule has 0 N–H and O–H groups in total. The highest BCUT2D eigenvalue weighted by molar-refractivity contribution is 7.18. The number of rotatable bonds is 4. The fourth-order valence-corrected chi connectivity index (χ4v) is 5.23. The van der Waals surface area contributed by atoms with Crippen molar-refractivity contribution in [3.8, 4) is 0 Å². The van der Waals surface area contributed by atoms with Gasteiger partial charge < -0.3 is 9.32 Å². The summed E-state index contributed by atoms with van der Waals surface area (Å²) in [5.41, 5.74) is 2.06. The van der Waals surface area contributed by atoms with Gasteiger partial charge in [0.2, 0.25) is 5.91 Å². The van der Waals surface area contributed by atoms with Gasteiger partial charge in [-0.15, -0.1) is 11.3 Å². The molecule has 0 unspecified atom stereocenters. The lowest BCUT2D eigenvalue weighted by molar-refractivity contribution is -0.132. The van der Waals surface area contributed by atoms with Crippen LogP contribution in [0.4, 0.5) is 0 Å². The van der Waals surface area contributed by atoms with Gasteiger partial charge in [0.05, 0.1) is 21.8 Å².